The lowest BCUT2D eigenvalue weighted by Gasteiger charge is -2.21. The first-order valence-electron chi connectivity index (χ1n) is 9.00. The Morgan fingerprint density at radius 2 is 1.91 bits per heavy atom. The Hall–Kier alpha value is -1.30. The predicted octanol–water partition coefficient (Wildman–Crippen LogP) is 1.62. The predicted molar refractivity (Wildman–Crippen MR) is 94.7 cm³/mol. The average molecular weight is 326 g/mol. The number of guanidine groups is 1. The van der Waals surface area contributed by atoms with Gasteiger partial charge in [0.1, 0.15) is 6.54 Å². The first-order valence-corrected chi connectivity index (χ1v) is 9.00. The van der Waals surface area contributed by atoms with Gasteiger partial charge < -0.3 is 20.3 Å². The van der Waals surface area contributed by atoms with Crippen LogP contribution < -0.4 is 10.6 Å². The third kappa shape index (κ3) is 7.68. The minimum atomic E-state index is 0.120. The smallest absolute Gasteiger partial charge is 0.244 e. The number of hydrogen-bond acceptors (Lipinski definition) is 3. The van der Waals surface area contributed by atoms with E-state index < -0.39 is 0 Å². The molecule has 1 unspecified atom stereocenters. The molecule has 0 saturated carbocycles. The van der Waals surface area contributed by atoms with Crippen molar-refractivity contribution in [3.63, 3.8) is 0 Å². The summed E-state index contributed by atoms with van der Waals surface area (Å²) in [5.74, 6) is 1.32. The van der Waals surface area contributed by atoms with Crippen LogP contribution in [-0.2, 0) is 9.53 Å². The molecule has 0 aromatic heterocycles. The molecule has 0 aliphatic carbocycles. The number of likely N-dealkylation sites (tertiary alicyclic amines) is 1. The number of carbonyl (C=O) groups excluding carboxylic acids is 1. The number of amides is 1. The van der Waals surface area contributed by atoms with E-state index in [2.05, 4.69) is 29.5 Å². The van der Waals surface area contributed by atoms with E-state index in [0.717, 1.165) is 52.0 Å². The van der Waals surface area contributed by atoms with Gasteiger partial charge in [-0.1, -0.05) is 13.8 Å². The summed E-state index contributed by atoms with van der Waals surface area (Å²) in [7, 11) is 0. The molecule has 1 heterocycles. The lowest BCUT2D eigenvalue weighted by atomic mass is 10.0. The van der Waals surface area contributed by atoms with Crippen molar-refractivity contribution >= 4 is 11.9 Å². The van der Waals surface area contributed by atoms with E-state index in [4.69, 9.17) is 4.74 Å². The molecule has 6 nitrogen and oxygen atoms in total. The van der Waals surface area contributed by atoms with E-state index >= 15 is 0 Å². The van der Waals surface area contributed by atoms with Crippen molar-refractivity contribution in [2.24, 2.45) is 10.9 Å². The van der Waals surface area contributed by atoms with E-state index in [1.54, 1.807) is 0 Å². The Labute approximate surface area is 141 Å². The number of aliphatic imine (C=N–C) groups is 1. The Kier molecular flexibility index (Phi) is 9.67. The van der Waals surface area contributed by atoms with Gasteiger partial charge in [-0.05, 0) is 39.0 Å². The van der Waals surface area contributed by atoms with Crippen LogP contribution in [-0.4, -0.2) is 62.2 Å². The van der Waals surface area contributed by atoms with Gasteiger partial charge >= 0.3 is 0 Å². The fourth-order valence-electron chi connectivity index (χ4n) is 2.71. The van der Waals surface area contributed by atoms with Crippen LogP contribution in [0.15, 0.2) is 4.99 Å². The summed E-state index contributed by atoms with van der Waals surface area (Å²) in [5.41, 5.74) is 0. The quantitative estimate of drug-likeness (QED) is 0.499. The lowest BCUT2D eigenvalue weighted by Crippen LogP contribution is -2.40. The highest BCUT2D eigenvalue weighted by molar-refractivity contribution is 5.85. The topological polar surface area (TPSA) is 66.0 Å². The van der Waals surface area contributed by atoms with Crippen molar-refractivity contribution in [1.29, 1.82) is 0 Å². The molecule has 1 amide bonds. The standard InChI is InChI=1S/C17H34N4O2/c1-5-18-17(19-10-9-15(14(3)4)23-6-2)20-13-16(22)21-11-7-8-12-21/h14-15H,5-13H2,1-4H3,(H2,18,19,20). The monoisotopic (exact) mass is 326 g/mol. The molecule has 0 aromatic rings. The second-order valence-electron chi connectivity index (χ2n) is 6.24. The minimum absolute atomic E-state index is 0.120. The van der Waals surface area contributed by atoms with E-state index in [9.17, 15) is 4.79 Å². The van der Waals surface area contributed by atoms with Crippen LogP contribution in [0, 0.1) is 5.92 Å². The maximum atomic E-state index is 12.1. The molecule has 23 heavy (non-hydrogen) atoms. The SMILES string of the molecule is CCNC(=NCC(=O)N1CCCC1)NCCC(OCC)C(C)C. The summed E-state index contributed by atoms with van der Waals surface area (Å²) in [5, 5.41) is 6.49. The maximum Gasteiger partial charge on any atom is 0.244 e. The van der Waals surface area contributed by atoms with Gasteiger partial charge in [0, 0.05) is 32.8 Å². The van der Waals surface area contributed by atoms with Crippen molar-refractivity contribution < 1.29 is 9.53 Å². The third-order valence-corrected chi connectivity index (χ3v) is 4.02. The number of ether oxygens (including phenoxy) is 1. The molecular weight excluding hydrogens is 292 g/mol. The van der Waals surface area contributed by atoms with Gasteiger partial charge in [0.05, 0.1) is 6.10 Å². The molecule has 0 spiro atoms. The fourth-order valence-corrected chi connectivity index (χ4v) is 2.71. The Bertz CT molecular complexity index is 366. The zero-order valence-electron chi connectivity index (χ0n) is 15.2. The number of carbonyl (C=O) groups is 1. The van der Waals surface area contributed by atoms with Gasteiger partial charge in [-0.3, -0.25) is 4.79 Å². The van der Waals surface area contributed by atoms with Gasteiger partial charge in [0.2, 0.25) is 5.91 Å². The van der Waals surface area contributed by atoms with Crippen LogP contribution in [0.5, 0.6) is 0 Å². The fraction of sp³-hybridized carbons (Fsp3) is 0.882. The largest absolute Gasteiger partial charge is 0.378 e. The first kappa shape index (κ1) is 19.7. The summed E-state index contributed by atoms with van der Waals surface area (Å²) < 4.78 is 5.75. The van der Waals surface area contributed by atoms with E-state index in [-0.39, 0.29) is 18.6 Å². The zero-order valence-corrected chi connectivity index (χ0v) is 15.2. The van der Waals surface area contributed by atoms with E-state index in [0.29, 0.717) is 11.9 Å². The number of hydrogen-bond donors (Lipinski definition) is 2. The second-order valence-corrected chi connectivity index (χ2v) is 6.24. The summed E-state index contributed by atoms with van der Waals surface area (Å²) in [4.78, 5) is 18.4. The van der Waals surface area contributed by atoms with Crippen LogP contribution in [0.2, 0.25) is 0 Å². The number of nitrogens with one attached hydrogen (secondary N) is 2. The normalized spacial score (nSPS) is 16.7. The minimum Gasteiger partial charge on any atom is -0.378 e. The van der Waals surface area contributed by atoms with Gasteiger partial charge in [0.25, 0.3) is 0 Å². The number of nitrogens with zero attached hydrogens (tertiary/aromatic N) is 2. The van der Waals surface area contributed by atoms with Gasteiger partial charge in [0.15, 0.2) is 5.96 Å². The molecule has 1 aliphatic heterocycles. The Morgan fingerprint density at radius 3 is 2.48 bits per heavy atom. The Balaban J connectivity index is 2.40. The highest BCUT2D eigenvalue weighted by Gasteiger charge is 2.17. The number of rotatable bonds is 9. The van der Waals surface area contributed by atoms with Crippen LogP contribution in [0.25, 0.3) is 0 Å². The van der Waals surface area contributed by atoms with Crippen LogP contribution in [0.4, 0.5) is 0 Å². The van der Waals surface area contributed by atoms with Gasteiger partial charge in [-0.25, -0.2) is 4.99 Å². The Morgan fingerprint density at radius 1 is 1.22 bits per heavy atom. The molecular formula is C17H34N4O2. The van der Waals surface area contributed by atoms with E-state index in [1.165, 1.54) is 0 Å². The molecule has 2 N–H and O–H groups in total. The van der Waals surface area contributed by atoms with Crippen LogP contribution >= 0.6 is 0 Å². The molecule has 1 rings (SSSR count). The van der Waals surface area contributed by atoms with Crippen molar-refractivity contribution in [2.45, 2.75) is 53.1 Å². The van der Waals surface area contributed by atoms with Crippen molar-refractivity contribution in [3.8, 4) is 0 Å². The molecule has 0 radical (unpaired) electrons. The molecule has 1 atom stereocenters. The molecule has 1 aliphatic rings. The maximum absolute atomic E-state index is 12.1. The molecule has 1 saturated heterocycles. The average Bonchev–Trinajstić information content (AvgIpc) is 3.05. The lowest BCUT2D eigenvalue weighted by molar-refractivity contribution is -0.128. The van der Waals surface area contributed by atoms with Crippen LogP contribution in [0.1, 0.15) is 47.0 Å². The van der Waals surface area contributed by atoms with Crippen molar-refractivity contribution in [1.82, 2.24) is 15.5 Å². The first-order chi connectivity index (χ1) is 11.1. The summed E-state index contributed by atoms with van der Waals surface area (Å²) in [6.45, 7) is 12.7. The summed E-state index contributed by atoms with van der Waals surface area (Å²) in [6, 6.07) is 0. The van der Waals surface area contributed by atoms with Gasteiger partial charge in [-0.15, -0.1) is 0 Å². The highest BCUT2D eigenvalue weighted by Crippen LogP contribution is 2.10. The zero-order chi connectivity index (χ0) is 17.1. The van der Waals surface area contributed by atoms with E-state index in [1.807, 2.05) is 18.7 Å². The third-order valence-electron chi connectivity index (χ3n) is 4.02. The molecule has 6 heteroatoms. The van der Waals surface area contributed by atoms with Crippen molar-refractivity contribution in [3.05, 3.63) is 0 Å². The molecule has 134 valence electrons. The highest BCUT2D eigenvalue weighted by atomic mass is 16.5. The summed E-state index contributed by atoms with van der Waals surface area (Å²) in [6.07, 6.45) is 3.40. The van der Waals surface area contributed by atoms with Crippen LogP contribution in [0.3, 0.4) is 0 Å². The summed E-state index contributed by atoms with van der Waals surface area (Å²) >= 11 is 0. The van der Waals surface area contributed by atoms with Crippen molar-refractivity contribution in [2.75, 3.05) is 39.3 Å². The second kappa shape index (κ2) is 11.3. The van der Waals surface area contributed by atoms with Gasteiger partial charge in [-0.2, -0.15) is 0 Å². The molecule has 0 bridgehead atoms. The molecule has 1 fully saturated rings. The molecule has 0 aromatic carbocycles.